The van der Waals surface area contributed by atoms with Crippen LogP contribution >= 0.6 is 0 Å². The Kier molecular flexibility index (Phi) is 4.18. The summed E-state index contributed by atoms with van der Waals surface area (Å²) in [5.74, 6) is 1.28. The van der Waals surface area contributed by atoms with E-state index < -0.39 is 0 Å². The lowest BCUT2D eigenvalue weighted by Gasteiger charge is -2.10. The van der Waals surface area contributed by atoms with E-state index in [4.69, 9.17) is 4.74 Å². The van der Waals surface area contributed by atoms with Crippen molar-refractivity contribution in [2.45, 2.75) is 25.4 Å². The predicted molar refractivity (Wildman–Crippen MR) is 82.8 cm³/mol. The highest BCUT2D eigenvalue weighted by Crippen LogP contribution is 2.19. The quantitative estimate of drug-likeness (QED) is 0.853. The molecule has 22 heavy (non-hydrogen) atoms. The minimum atomic E-state index is -0.161. The van der Waals surface area contributed by atoms with Gasteiger partial charge in [0.15, 0.2) is 0 Å². The number of para-hydroxylation sites is 1. The van der Waals surface area contributed by atoms with E-state index in [0.29, 0.717) is 24.1 Å². The van der Waals surface area contributed by atoms with Gasteiger partial charge in [-0.25, -0.2) is 9.97 Å². The Labute approximate surface area is 128 Å². The molecule has 0 aliphatic heterocycles. The molecule has 0 saturated heterocycles. The number of anilines is 1. The molecule has 2 aromatic rings. The molecule has 1 fully saturated rings. The molecular weight excluding hydrogens is 280 g/mol. The lowest BCUT2D eigenvalue weighted by Crippen LogP contribution is -2.26. The monoisotopic (exact) mass is 298 g/mol. The molecule has 1 aromatic heterocycles. The van der Waals surface area contributed by atoms with E-state index in [1.54, 1.807) is 13.3 Å². The Morgan fingerprint density at radius 3 is 2.77 bits per heavy atom. The Hall–Kier alpha value is -2.63. The van der Waals surface area contributed by atoms with Crippen LogP contribution in [0, 0.1) is 0 Å². The molecule has 1 aliphatic carbocycles. The fourth-order valence-corrected chi connectivity index (χ4v) is 2.06. The number of benzene rings is 1. The van der Waals surface area contributed by atoms with Crippen LogP contribution in [-0.2, 0) is 6.54 Å². The Bertz CT molecular complexity index is 653. The maximum Gasteiger partial charge on any atom is 0.271 e. The molecule has 1 aliphatic rings. The molecule has 2 N–H and O–H groups in total. The first-order valence-corrected chi connectivity index (χ1v) is 7.25. The van der Waals surface area contributed by atoms with Gasteiger partial charge in [-0.15, -0.1) is 0 Å². The zero-order valence-electron chi connectivity index (χ0n) is 12.4. The van der Waals surface area contributed by atoms with Crippen LogP contribution in [0.2, 0.25) is 0 Å². The largest absolute Gasteiger partial charge is 0.496 e. The van der Waals surface area contributed by atoms with Crippen molar-refractivity contribution in [2.75, 3.05) is 12.4 Å². The lowest BCUT2D eigenvalue weighted by molar-refractivity contribution is 0.0945. The third-order valence-corrected chi connectivity index (χ3v) is 3.45. The molecule has 0 unspecified atom stereocenters. The number of methoxy groups -OCH3 is 1. The molecular formula is C16H18N4O2. The number of nitrogens with one attached hydrogen (secondary N) is 2. The third-order valence-electron chi connectivity index (χ3n) is 3.45. The van der Waals surface area contributed by atoms with Crippen LogP contribution in [0.25, 0.3) is 0 Å². The molecule has 0 bridgehead atoms. The van der Waals surface area contributed by atoms with Crippen molar-refractivity contribution >= 4 is 11.7 Å². The number of amides is 1. The number of ether oxygens (including phenoxy) is 1. The molecule has 1 amide bonds. The van der Waals surface area contributed by atoms with Crippen LogP contribution in [0.15, 0.2) is 36.7 Å². The van der Waals surface area contributed by atoms with Gasteiger partial charge >= 0.3 is 0 Å². The van der Waals surface area contributed by atoms with Gasteiger partial charge in [-0.2, -0.15) is 0 Å². The summed E-state index contributed by atoms with van der Waals surface area (Å²) >= 11 is 0. The number of hydrogen-bond donors (Lipinski definition) is 2. The van der Waals surface area contributed by atoms with Crippen molar-refractivity contribution in [3.63, 3.8) is 0 Å². The second kappa shape index (κ2) is 6.43. The first-order chi connectivity index (χ1) is 10.8. The maximum atomic E-state index is 11.8. The smallest absolute Gasteiger partial charge is 0.271 e. The Morgan fingerprint density at radius 2 is 2.09 bits per heavy atom. The van der Waals surface area contributed by atoms with Crippen LogP contribution in [0.3, 0.4) is 0 Å². The summed E-state index contributed by atoms with van der Waals surface area (Å²) < 4.78 is 5.30. The van der Waals surface area contributed by atoms with Crippen LogP contribution < -0.4 is 15.4 Å². The van der Waals surface area contributed by atoms with Crippen molar-refractivity contribution in [1.29, 1.82) is 0 Å². The Balaban J connectivity index is 1.59. The molecule has 0 atom stereocenters. The van der Waals surface area contributed by atoms with Gasteiger partial charge in [-0.05, 0) is 18.9 Å². The summed E-state index contributed by atoms with van der Waals surface area (Å²) in [6, 6.07) is 8.09. The van der Waals surface area contributed by atoms with E-state index in [1.165, 1.54) is 6.20 Å². The van der Waals surface area contributed by atoms with Crippen LogP contribution in [-0.4, -0.2) is 29.0 Å². The normalized spacial score (nSPS) is 13.5. The zero-order chi connectivity index (χ0) is 15.4. The van der Waals surface area contributed by atoms with Gasteiger partial charge < -0.3 is 15.4 Å². The summed E-state index contributed by atoms with van der Waals surface area (Å²) in [7, 11) is 1.64. The summed E-state index contributed by atoms with van der Waals surface area (Å²) in [4.78, 5) is 20.2. The summed E-state index contributed by atoms with van der Waals surface area (Å²) in [6.07, 6.45) is 5.16. The molecule has 0 radical (unpaired) electrons. The van der Waals surface area contributed by atoms with Crippen molar-refractivity contribution in [1.82, 2.24) is 15.3 Å². The molecule has 114 valence electrons. The molecule has 1 aromatic carbocycles. The van der Waals surface area contributed by atoms with E-state index in [1.807, 2.05) is 24.3 Å². The second-order valence-electron chi connectivity index (χ2n) is 5.20. The molecule has 6 heteroatoms. The average Bonchev–Trinajstić information content (AvgIpc) is 3.37. The average molecular weight is 298 g/mol. The summed E-state index contributed by atoms with van der Waals surface area (Å²) in [5, 5.41) is 6.05. The van der Waals surface area contributed by atoms with Crippen molar-refractivity contribution in [3.05, 3.63) is 47.9 Å². The van der Waals surface area contributed by atoms with Crippen molar-refractivity contribution in [2.24, 2.45) is 0 Å². The Morgan fingerprint density at radius 1 is 1.27 bits per heavy atom. The SMILES string of the molecule is COc1ccccc1CNc1cnc(C(=O)NC2CC2)cn1. The van der Waals surface area contributed by atoms with Crippen molar-refractivity contribution in [3.8, 4) is 5.75 Å². The maximum absolute atomic E-state index is 11.8. The summed E-state index contributed by atoms with van der Waals surface area (Å²) in [5.41, 5.74) is 1.37. The van der Waals surface area contributed by atoms with E-state index in [2.05, 4.69) is 20.6 Å². The van der Waals surface area contributed by atoms with E-state index in [-0.39, 0.29) is 5.91 Å². The third kappa shape index (κ3) is 3.52. The van der Waals surface area contributed by atoms with Gasteiger partial charge in [0, 0.05) is 18.2 Å². The number of carbonyl (C=O) groups is 1. The van der Waals surface area contributed by atoms with Crippen LogP contribution in [0.1, 0.15) is 28.9 Å². The molecule has 0 spiro atoms. The molecule has 3 rings (SSSR count). The lowest BCUT2D eigenvalue weighted by atomic mass is 10.2. The number of carbonyl (C=O) groups excluding carboxylic acids is 1. The van der Waals surface area contributed by atoms with Gasteiger partial charge in [0.05, 0.1) is 19.5 Å². The minimum absolute atomic E-state index is 0.161. The van der Waals surface area contributed by atoms with Crippen molar-refractivity contribution < 1.29 is 9.53 Å². The highest BCUT2D eigenvalue weighted by Gasteiger charge is 2.24. The first-order valence-electron chi connectivity index (χ1n) is 7.25. The van der Waals surface area contributed by atoms with Gasteiger partial charge in [0.25, 0.3) is 5.91 Å². The highest BCUT2D eigenvalue weighted by atomic mass is 16.5. The van der Waals surface area contributed by atoms with E-state index >= 15 is 0 Å². The van der Waals surface area contributed by atoms with Crippen LogP contribution in [0.5, 0.6) is 5.75 Å². The molecule has 1 saturated carbocycles. The topological polar surface area (TPSA) is 76.1 Å². The summed E-state index contributed by atoms with van der Waals surface area (Å²) in [6.45, 7) is 0.576. The standard InChI is InChI=1S/C16H18N4O2/c1-22-14-5-3-2-4-11(14)8-18-15-10-17-13(9-19-15)16(21)20-12-6-7-12/h2-5,9-10,12H,6-8H2,1H3,(H,18,19)(H,20,21). The van der Waals surface area contributed by atoms with Gasteiger partial charge in [-0.1, -0.05) is 18.2 Å². The number of nitrogens with zero attached hydrogens (tertiary/aromatic N) is 2. The number of aromatic nitrogens is 2. The predicted octanol–water partition coefficient (Wildman–Crippen LogP) is 1.99. The highest BCUT2D eigenvalue weighted by molar-refractivity contribution is 5.92. The molecule has 1 heterocycles. The first kappa shape index (κ1) is 14.3. The van der Waals surface area contributed by atoms with Crippen LogP contribution in [0.4, 0.5) is 5.82 Å². The fraction of sp³-hybridized carbons (Fsp3) is 0.312. The second-order valence-corrected chi connectivity index (χ2v) is 5.20. The zero-order valence-corrected chi connectivity index (χ0v) is 12.4. The van der Waals surface area contributed by atoms with Gasteiger partial charge in [0.2, 0.25) is 0 Å². The number of rotatable bonds is 6. The van der Waals surface area contributed by atoms with Gasteiger partial charge in [-0.3, -0.25) is 4.79 Å². The van der Waals surface area contributed by atoms with E-state index in [0.717, 1.165) is 24.2 Å². The minimum Gasteiger partial charge on any atom is -0.496 e. The fourth-order valence-electron chi connectivity index (χ4n) is 2.06. The number of hydrogen-bond acceptors (Lipinski definition) is 5. The van der Waals surface area contributed by atoms with E-state index in [9.17, 15) is 4.79 Å². The van der Waals surface area contributed by atoms with Gasteiger partial charge in [0.1, 0.15) is 17.3 Å². The molecule has 6 nitrogen and oxygen atoms in total.